The Labute approximate surface area is 329 Å². The Bertz CT molecular complexity index is 3540. The van der Waals surface area contributed by atoms with Crippen LogP contribution < -0.4 is 0 Å². The average molecular weight is 748 g/mol. The Balaban J connectivity index is 1.06. The molecule has 4 heterocycles. The topological polar surface area (TPSA) is 38.7 Å². The number of benzene rings is 8. The molecule has 0 unspecified atom stereocenters. The number of fused-ring (bicyclic) bond motifs is 11. The van der Waals surface area contributed by atoms with Gasteiger partial charge in [0.2, 0.25) is 0 Å². The van der Waals surface area contributed by atoms with Gasteiger partial charge in [-0.25, -0.2) is 15.0 Å². The number of hydrogen-bond donors (Lipinski definition) is 0. The third kappa shape index (κ3) is 4.92. The maximum absolute atomic E-state index is 5.32. The molecule has 3 nitrogen and oxygen atoms in total. The van der Waals surface area contributed by atoms with E-state index in [1.54, 1.807) is 0 Å². The molecule has 4 aromatic heterocycles. The molecule has 8 aromatic carbocycles. The Morgan fingerprint density at radius 1 is 0.357 bits per heavy atom. The molecule has 5 heteroatoms. The molecule has 0 fully saturated rings. The highest BCUT2D eigenvalue weighted by Gasteiger charge is 2.19. The van der Waals surface area contributed by atoms with Crippen molar-refractivity contribution >= 4 is 95.5 Å². The Morgan fingerprint density at radius 3 is 1.88 bits per heavy atom. The van der Waals surface area contributed by atoms with E-state index in [0.29, 0.717) is 0 Å². The summed E-state index contributed by atoms with van der Waals surface area (Å²) < 4.78 is 5.03. The van der Waals surface area contributed by atoms with Crippen molar-refractivity contribution < 1.29 is 0 Å². The van der Waals surface area contributed by atoms with Crippen molar-refractivity contribution in [3.63, 3.8) is 0 Å². The molecule has 0 aliphatic carbocycles. The zero-order chi connectivity index (χ0) is 36.7. The minimum atomic E-state index is 0.717. The van der Waals surface area contributed by atoms with Crippen LogP contribution in [0.5, 0.6) is 0 Å². The molecule has 0 bridgehead atoms. The molecule has 0 spiro atoms. The predicted molar refractivity (Wildman–Crippen MR) is 240 cm³/mol. The fraction of sp³-hybridized carbons (Fsp3) is 0. The molecule has 12 aromatic rings. The summed E-state index contributed by atoms with van der Waals surface area (Å²) in [6.45, 7) is 0. The van der Waals surface area contributed by atoms with Gasteiger partial charge in [0.1, 0.15) is 0 Å². The minimum Gasteiger partial charge on any atom is -0.247 e. The molecule has 0 radical (unpaired) electrons. The van der Waals surface area contributed by atoms with Gasteiger partial charge in [-0.1, -0.05) is 146 Å². The summed E-state index contributed by atoms with van der Waals surface area (Å²) >= 11 is 3.68. The largest absolute Gasteiger partial charge is 0.247 e. The molecule has 0 N–H and O–H groups in total. The van der Waals surface area contributed by atoms with Gasteiger partial charge in [-0.05, 0) is 41.1 Å². The van der Waals surface area contributed by atoms with Crippen LogP contribution in [0.1, 0.15) is 0 Å². The van der Waals surface area contributed by atoms with Gasteiger partial charge in [0, 0.05) is 78.8 Å². The summed E-state index contributed by atoms with van der Waals surface area (Å²) in [5.41, 5.74) is 8.14. The molecule has 0 amide bonds. The zero-order valence-electron chi connectivity index (χ0n) is 29.9. The highest BCUT2D eigenvalue weighted by atomic mass is 32.1. The second-order valence-corrected chi connectivity index (χ2v) is 16.5. The van der Waals surface area contributed by atoms with Crippen LogP contribution in [0.3, 0.4) is 0 Å². The highest BCUT2D eigenvalue weighted by Crippen LogP contribution is 2.45. The normalized spacial score (nSPS) is 11.9. The lowest BCUT2D eigenvalue weighted by Gasteiger charge is -2.13. The summed E-state index contributed by atoms with van der Waals surface area (Å²) in [6.07, 6.45) is 0. The summed E-state index contributed by atoms with van der Waals surface area (Å²) in [4.78, 5) is 15.8. The number of pyridine rings is 1. The quantitative estimate of drug-likeness (QED) is 0.168. The number of hydrogen-bond acceptors (Lipinski definition) is 5. The van der Waals surface area contributed by atoms with Crippen LogP contribution in [-0.2, 0) is 0 Å². The lowest BCUT2D eigenvalue weighted by Crippen LogP contribution is -1.95. The van der Waals surface area contributed by atoms with Crippen LogP contribution in [-0.4, -0.2) is 15.0 Å². The summed E-state index contributed by atoms with van der Waals surface area (Å²) in [5, 5.41) is 11.1. The fourth-order valence-corrected chi connectivity index (χ4v) is 10.9. The first-order valence-corrected chi connectivity index (χ1v) is 20.4. The van der Waals surface area contributed by atoms with Crippen molar-refractivity contribution in [1.29, 1.82) is 0 Å². The van der Waals surface area contributed by atoms with E-state index in [2.05, 4.69) is 170 Å². The lowest BCUT2D eigenvalue weighted by atomic mass is 9.95. The molecule has 12 rings (SSSR count). The van der Waals surface area contributed by atoms with E-state index < -0.39 is 0 Å². The maximum Gasteiger partial charge on any atom is 0.160 e. The van der Waals surface area contributed by atoms with E-state index in [0.717, 1.165) is 50.7 Å². The number of para-hydroxylation sites is 1. The van der Waals surface area contributed by atoms with Gasteiger partial charge in [-0.15, -0.1) is 22.7 Å². The predicted octanol–water partition coefficient (Wildman–Crippen LogP) is 14.7. The van der Waals surface area contributed by atoms with Crippen LogP contribution in [0.25, 0.3) is 118 Å². The molecular weight excluding hydrogens is 719 g/mol. The first-order valence-electron chi connectivity index (χ1n) is 18.8. The third-order valence-electron chi connectivity index (χ3n) is 11.1. The first kappa shape index (κ1) is 31.5. The standard InChI is InChI=1S/C51H29N3S2/c1-2-12-31(13-3-1)43-29-44(32-21-23-36-35-16-7-9-20-45(35)55-46(36)27-32)54-51(53-43)33-22-24-37-39-25-26-41-48(50(39)56-47(37)28-33)40-17-6-8-19-42(40)52-49(41)38-18-10-14-30-11-4-5-15-34(30)38/h1-29H. The first-order chi connectivity index (χ1) is 27.7. The zero-order valence-corrected chi connectivity index (χ0v) is 31.5. The molecule has 0 saturated heterocycles. The fourth-order valence-electron chi connectivity index (χ4n) is 8.41. The molecule has 0 saturated carbocycles. The van der Waals surface area contributed by atoms with Crippen LogP contribution in [0.2, 0.25) is 0 Å². The Kier molecular flexibility index (Phi) is 6.97. The molecule has 0 aliphatic heterocycles. The van der Waals surface area contributed by atoms with Gasteiger partial charge in [-0.2, -0.15) is 0 Å². The van der Waals surface area contributed by atoms with Crippen molar-refractivity contribution in [1.82, 2.24) is 15.0 Å². The highest BCUT2D eigenvalue weighted by molar-refractivity contribution is 7.27. The molecular formula is C51H29N3S2. The van der Waals surface area contributed by atoms with Gasteiger partial charge in [0.05, 0.1) is 22.6 Å². The van der Waals surface area contributed by atoms with E-state index >= 15 is 0 Å². The van der Waals surface area contributed by atoms with Crippen molar-refractivity contribution in [2.24, 2.45) is 0 Å². The van der Waals surface area contributed by atoms with Gasteiger partial charge in [-0.3, -0.25) is 0 Å². The van der Waals surface area contributed by atoms with E-state index in [4.69, 9.17) is 15.0 Å². The summed E-state index contributed by atoms with van der Waals surface area (Å²) in [5.74, 6) is 0.717. The summed E-state index contributed by atoms with van der Waals surface area (Å²) in [6, 6.07) is 62.9. The summed E-state index contributed by atoms with van der Waals surface area (Å²) in [7, 11) is 0. The van der Waals surface area contributed by atoms with Crippen molar-refractivity contribution in [3.8, 4) is 45.2 Å². The van der Waals surface area contributed by atoms with Crippen LogP contribution >= 0.6 is 22.7 Å². The number of thiophene rings is 2. The minimum absolute atomic E-state index is 0.717. The Hall–Kier alpha value is -6.79. The molecule has 56 heavy (non-hydrogen) atoms. The van der Waals surface area contributed by atoms with Gasteiger partial charge >= 0.3 is 0 Å². The Morgan fingerprint density at radius 2 is 0.982 bits per heavy atom. The number of nitrogens with zero attached hydrogens (tertiary/aromatic N) is 3. The molecule has 260 valence electrons. The van der Waals surface area contributed by atoms with Crippen LogP contribution in [0.15, 0.2) is 176 Å². The van der Waals surface area contributed by atoms with Gasteiger partial charge < -0.3 is 0 Å². The van der Waals surface area contributed by atoms with Crippen LogP contribution in [0, 0.1) is 0 Å². The third-order valence-corrected chi connectivity index (χ3v) is 13.4. The maximum atomic E-state index is 5.32. The number of rotatable bonds is 4. The average Bonchev–Trinajstić information content (AvgIpc) is 3.83. The van der Waals surface area contributed by atoms with Gasteiger partial charge in [0.15, 0.2) is 5.82 Å². The van der Waals surface area contributed by atoms with E-state index in [-0.39, 0.29) is 0 Å². The monoisotopic (exact) mass is 747 g/mol. The van der Waals surface area contributed by atoms with E-state index in [1.165, 1.54) is 67.3 Å². The smallest absolute Gasteiger partial charge is 0.160 e. The SMILES string of the molecule is c1ccc(-c2cc(-c3ccc4c(c3)sc3ccccc34)nc(-c3ccc4c(c3)sc3c4ccc4c(-c5cccc6ccccc56)nc5ccccc5c43)n2)cc1. The van der Waals surface area contributed by atoms with Crippen molar-refractivity contribution in [2.45, 2.75) is 0 Å². The van der Waals surface area contributed by atoms with Crippen molar-refractivity contribution in [3.05, 3.63) is 176 Å². The van der Waals surface area contributed by atoms with Gasteiger partial charge in [0.25, 0.3) is 0 Å². The van der Waals surface area contributed by atoms with E-state index in [9.17, 15) is 0 Å². The second kappa shape index (κ2) is 12.4. The van der Waals surface area contributed by atoms with Crippen molar-refractivity contribution in [2.75, 3.05) is 0 Å². The lowest BCUT2D eigenvalue weighted by molar-refractivity contribution is 1.19. The molecule has 0 atom stereocenters. The second-order valence-electron chi connectivity index (χ2n) is 14.3. The molecule has 0 aliphatic rings. The van der Waals surface area contributed by atoms with E-state index in [1.807, 2.05) is 28.7 Å². The van der Waals surface area contributed by atoms with Crippen LogP contribution in [0.4, 0.5) is 0 Å². The number of aromatic nitrogens is 3.